The number of likely N-dealkylation sites (tertiary alicyclic amines) is 1. The van der Waals surface area contributed by atoms with Crippen LogP contribution in [0.5, 0.6) is 0 Å². The molecule has 2 amide bonds. The summed E-state index contributed by atoms with van der Waals surface area (Å²) >= 11 is 1.44. The van der Waals surface area contributed by atoms with Crippen molar-refractivity contribution in [3.63, 3.8) is 0 Å². The molecule has 7 heteroatoms. The van der Waals surface area contributed by atoms with Gasteiger partial charge in [-0.25, -0.2) is 0 Å². The van der Waals surface area contributed by atoms with Gasteiger partial charge in [-0.3, -0.25) is 9.59 Å². The molecule has 5 rings (SSSR count). The first-order valence-corrected chi connectivity index (χ1v) is 11.9. The van der Waals surface area contributed by atoms with Crippen molar-refractivity contribution in [2.45, 2.75) is 24.4 Å². The molecule has 0 aliphatic carbocycles. The summed E-state index contributed by atoms with van der Waals surface area (Å²) in [6.07, 6.45) is 1.97. The molecule has 2 aromatic rings. The lowest BCUT2D eigenvalue weighted by Gasteiger charge is -2.42. The van der Waals surface area contributed by atoms with Crippen LogP contribution in [0.25, 0.3) is 0 Å². The fraction of sp³-hybridized carbons (Fsp3) is 0.500. The molecule has 0 radical (unpaired) electrons. The molecule has 6 nitrogen and oxygen atoms in total. The second-order valence-electron chi connectivity index (χ2n) is 8.67. The van der Waals surface area contributed by atoms with Crippen LogP contribution in [0.3, 0.4) is 0 Å². The highest BCUT2D eigenvalue weighted by molar-refractivity contribution is 7.12. The third-order valence-electron chi connectivity index (χ3n) is 6.80. The van der Waals surface area contributed by atoms with E-state index in [4.69, 9.17) is 9.47 Å². The summed E-state index contributed by atoms with van der Waals surface area (Å²) in [6.45, 7) is 4.06. The van der Waals surface area contributed by atoms with E-state index in [1.54, 1.807) is 4.90 Å². The van der Waals surface area contributed by atoms with Crippen molar-refractivity contribution in [1.29, 1.82) is 0 Å². The van der Waals surface area contributed by atoms with Crippen molar-refractivity contribution in [1.82, 2.24) is 9.80 Å². The Kier molecular flexibility index (Phi) is 5.82. The average Bonchev–Trinajstić information content (AvgIpc) is 3.44. The summed E-state index contributed by atoms with van der Waals surface area (Å²) in [7, 11) is 0. The van der Waals surface area contributed by atoms with E-state index in [1.165, 1.54) is 11.3 Å². The Labute approximate surface area is 186 Å². The smallest absolute Gasteiger partial charge is 0.264 e. The molecular formula is C24H28N2O4S. The minimum absolute atomic E-state index is 0.0137. The van der Waals surface area contributed by atoms with E-state index in [-0.39, 0.29) is 17.7 Å². The molecule has 0 N–H and O–H groups in total. The van der Waals surface area contributed by atoms with E-state index in [0.29, 0.717) is 37.0 Å². The molecule has 1 aromatic carbocycles. The third kappa shape index (κ3) is 3.90. The van der Waals surface area contributed by atoms with Crippen molar-refractivity contribution in [3.8, 4) is 0 Å². The first-order valence-electron chi connectivity index (χ1n) is 11.1. The van der Waals surface area contributed by atoms with Gasteiger partial charge < -0.3 is 19.3 Å². The number of amides is 2. The number of carbonyl (C=O) groups excluding carboxylic acids is 2. The molecule has 3 saturated heterocycles. The van der Waals surface area contributed by atoms with Gasteiger partial charge in [0.1, 0.15) is 0 Å². The van der Waals surface area contributed by atoms with Crippen molar-refractivity contribution in [3.05, 3.63) is 58.3 Å². The van der Waals surface area contributed by atoms with Gasteiger partial charge in [-0.1, -0.05) is 36.4 Å². The van der Waals surface area contributed by atoms with E-state index in [2.05, 4.69) is 12.1 Å². The number of hydrogen-bond acceptors (Lipinski definition) is 5. The molecular weight excluding hydrogens is 412 g/mol. The molecule has 3 aliphatic heterocycles. The van der Waals surface area contributed by atoms with Crippen molar-refractivity contribution < 1.29 is 19.1 Å². The summed E-state index contributed by atoms with van der Waals surface area (Å²) in [4.78, 5) is 31.4. The maximum absolute atomic E-state index is 13.8. The number of rotatable bonds is 4. The Morgan fingerprint density at radius 1 is 1.10 bits per heavy atom. The molecule has 3 aliphatic rings. The normalized spacial score (nSPS) is 27.2. The summed E-state index contributed by atoms with van der Waals surface area (Å²) in [6, 6.07) is 13.9. The topological polar surface area (TPSA) is 59.1 Å². The summed E-state index contributed by atoms with van der Waals surface area (Å²) < 4.78 is 11.8. The minimum Gasteiger partial charge on any atom is -0.381 e. The van der Waals surface area contributed by atoms with Crippen molar-refractivity contribution in [2.75, 3.05) is 46.0 Å². The lowest BCUT2D eigenvalue weighted by Crippen LogP contribution is -2.59. The monoisotopic (exact) mass is 440 g/mol. The fourth-order valence-corrected chi connectivity index (χ4v) is 5.83. The minimum atomic E-state index is -1.02. The second-order valence-corrected chi connectivity index (χ2v) is 9.62. The van der Waals surface area contributed by atoms with E-state index in [0.717, 1.165) is 38.2 Å². The summed E-state index contributed by atoms with van der Waals surface area (Å²) in [5, 5.41) is 1.91. The zero-order valence-electron chi connectivity index (χ0n) is 17.6. The van der Waals surface area contributed by atoms with Crippen LogP contribution in [0.4, 0.5) is 0 Å². The van der Waals surface area contributed by atoms with Crippen LogP contribution in [-0.2, 0) is 14.3 Å². The van der Waals surface area contributed by atoms with Gasteiger partial charge in [-0.05, 0) is 35.8 Å². The zero-order chi connectivity index (χ0) is 21.3. The second kappa shape index (κ2) is 8.73. The lowest BCUT2D eigenvalue weighted by atomic mass is 9.83. The van der Waals surface area contributed by atoms with E-state index < -0.39 is 5.60 Å². The maximum Gasteiger partial charge on any atom is 0.264 e. The molecule has 1 aromatic heterocycles. The predicted octanol–water partition coefficient (Wildman–Crippen LogP) is 3.01. The predicted molar refractivity (Wildman–Crippen MR) is 118 cm³/mol. The van der Waals surface area contributed by atoms with Gasteiger partial charge >= 0.3 is 0 Å². The van der Waals surface area contributed by atoms with Crippen LogP contribution in [0.2, 0.25) is 0 Å². The maximum atomic E-state index is 13.8. The molecule has 3 fully saturated rings. The van der Waals surface area contributed by atoms with E-state index >= 15 is 0 Å². The number of nitrogens with zero attached hydrogens (tertiary/aromatic N) is 2. The van der Waals surface area contributed by atoms with Crippen LogP contribution in [0, 0.1) is 5.92 Å². The molecule has 31 heavy (non-hydrogen) atoms. The highest BCUT2D eigenvalue weighted by atomic mass is 32.1. The van der Waals surface area contributed by atoms with Gasteiger partial charge in [0.2, 0.25) is 0 Å². The van der Waals surface area contributed by atoms with Gasteiger partial charge in [-0.2, -0.15) is 0 Å². The molecule has 4 heterocycles. The van der Waals surface area contributed by atoms with Crippen LogP contribution in [0.15, 0.2) is 47.8 Å². The van der Waals surface area contributed by atoms with E-state index in [1.807, 2.05) is 40.6 Å². The Balaban J connectivity index is 1.44. The number of benzene rings is 1. The Morgan fingerprint density at radius 2 is 1.90 bits per heavy atom. The average molecular weight is 441 g/mol. The van der Waals surface area contributed by atoms with Crippen molar-refractivity contribution in [2.24, 2.45) is 5.92 Å². The molecule has 0 saturated carbocycles. The van der Waals surface area contributed by atoms with E-state index in [9.17, 15) is 9.59 Å². The molecule has 164 valence electrons. The van der Waals surface area contributed by atoms with Crippen molar-refractivity contribution >= 4 is 23.2 Å². The highest BCUT2D eigenvalue weighted by Gasteiger charge is 2.58. The molecule has 1 spiro atoms. The van der Waals surface area contributed by atoms with Crippen LogP contribution in [-0.4, -0.2) is 73.2 Å². The number of carbonyl (C=O) groups is 2. The molecule has 2 unspecified atom stereocenters. The van der Waals surface area contributed by atoms with Gasteiger partial charge in [-0.15, -0.1) is 11.3 Å². The Bertz CT molecular complexity index is 913. The number of ether oxygens (including phenoxy) is 2. The number of morpholine rings is 1. The summed E-state index contributed by atoms with van der Waals surface area (Å²) in [5.41, 5.74) is 0.0771. The Morgan fingerprint density at radius 3 is 2.65 bits per heavy atom. The first kappa shape index (κ1) is 20.7. The first-order chi connectivity index (χ1) is 15.2. The zero-order valence-corrected chi connectivity index (χ0v) is 18.4. The Hall–Kier alpha value is -2.22. The quantitative estimate of drug-likeness (QED) is 0.733. The van der Waals surface area contributed by atoms with Gasteiger partial charge in [0.15, 0.2) is 5.60 Å². The third-order valence-corrected chi connectivity index (χ3v) is 7.66. The van der Waals surface area contributed by atoms with Crippen LogP contribution in [0.1, 0.15) is 34.0 Å². The SMILES string of the molecule is O=C(c1cccs1)N1CCOC2(C1)C(=O)N(CC1CCOCC1)CC2c1ccccc1. The number of hydrogen-bond donors (Lipinski definition) is 0. The van der Waals surface area contributed by atoms with Gasteiger partial charge in [0.05, 0.1) is 18.0 Å². The molecule has 0 bridgehead atoms. The summed E-state index contributed by atoms with van der Waals surface area (Å²) in [5.74, 6) is 0.369. The van der Waals surface area contributed by atoms with Gasteiger partial charge in [0, 0.05) is 38.8 Å². The fourth-order valence-electron chi connectivity index (χ4n) is 5.14. The molecule has 2 atom stereocenters. The van der Waals surface area contributed by atoms with Crippen LogP contribution >= 0.6 is 11.3 Å². The largest absolute Gasteiger partial charge is 0.381 e. The number of thiophene rings is 1. The van der Waals surface area contributed by atoms with Gasteiger partial charge in [0.25, 0.3) is 11.8 Å². The lowest BCUT2D eigenvalue weighted by molar-refractivity contribution is -0.160. The van der Waals surface area contributed by atoms with Crippen LogP contribution < -0.4 is 0 Å². The standard InChI is InChI=1S/C24H28N2O4S/c27-22(21-7-4-14-31-21)25-10-13-30-24(17-25)20(19-5-2-1-3-6-19)16-26(23(24)28)15-18-8-11-29-12-9-18/h1-7,14,18,20H,8-13,15-17H2. The highest BCUT2D eigenvalue weighted by Crippen LogP contribution is 2.43.